The van der Waals surface area contributed by atoms with Crippen LogP contribution >= 0.6 is 0 Å². The minimum atomic E-state index is 0.554. The van der Waals surface area contributed by atoms with Crippen molar-refractivity contribution in [3.63, 3.8) is 0 Å². The molecule has 0 bridgehead atoms. The number of anilines is 3. The fourth-order valence-electron chi connectivity index (χ4n) is 1.48. The Labute approximate surface area is 107 Å². The minimum absolute atomic E-state index is 0.554. The van der Waals surface area contributed by atoms with Crippen LogP contribution in [0, 0.1) is 6.92 Å². The molecule has 5 nitrogen and oxygen atoms in total. The summed E-state index contributed by atoms with van der Waals surface area (Å²) >= 11 is 0. The summed E-state index contributed by atoms with van der Waals surface area (Å²) in [7, 11) is 0. The first-order valence-electron chi connectivity index (χ1n) is 6.05. The smallest absolute Gasteiger partial charge is 0.230 e. The molecule has 2 heterocycles. The molecule has 94 valence electrons. The quantitative estimate of drug-likeness (QED) is 0.845. The number of nitrogens with zero attached hydrogens (tertiary/aromatic N) is 3. The van der Waals surface area contributed by atoms with Gasteiger partial charge in [-0.1, -0.05) is 13.0 Å². The number of nitrogens with one attached hydrogen (secondary N) is 2. The first-order valence-corrected chi connectivity index (χ1v) is 6.05. The summed E-state index contributed by atoms with van der Waals surface area (Å²) in [6, 6.07) is 5.66. The maximum Gasteiger partial charge on any atom is 0.230 e. The molecule has 0 atom stereocenters. The number of aryl methyl sites for hydroxylation is 1. The van der Waals surface area contributed by atoms with Crippen LogP contribution in [-0.4, -0.2) is 21.5 Å². The van der Waals surface area contributed by atoms with E-state index in [0.717, 1.165) is 30.2 Å². The fraction of sp³-hybridized carbons (Fsp3) is 0.308. The fourth-order valence-corrected chi connectivity index (χ4v) is 1.48. The molecule has 0 saturated carbocycles. The van der Waals surface area contributed by atoms with Crippen LogP contribution in [0.3, 0.4) is 0 Å². The highest BCUT2D eigenvalue weighted by Crippen LogP contribution is 2.15. The van der Waals surface area contributed by atoms with Gasteiger partial charge in [-0.05, 0) is 25.5 Å². The third-order valence-electron chi connectivity index (χ3n) is 2.42. The molecule has 0 fully saturated rings. The van der Waals surface area contributed by atoms with Crippen molar-refractivity contribution in [1.29, 1.82) is 0 Å². The molecule has 2 aromatic heterocycles. The lowest BCUT2D eigenvalue weighted by Gasteiger charge is -2.09. The second-order valence-corrected chi connectivity index (χ2v) is 3.99. The third-order valence-corrected chi connectivity index (χ3v) is 2.42. The molecule has 2 rings (SSSR count). The lowest BCUT2D eigenvalue weighted by atomic mass is 10.3. The maximum absolute atomic E-state index is 4.43. The Bertz CT molecular complexity index is 498. The van der Waals surface area contributed by atoms with E-state index in [1.54, 1.807) is 12.4 Å². The average molecular weight is 243 g/mol. The average Bonchev–Trinajstić information content (AvgIpc) is 2.40. The number of aromatic nitrogens is 3. The van der Waals surface area contributed by atoms with E-state index < -0.39 is 0 Å². The van der Waals surface area contributed by atoms with Crippen LogP contribution < -0.4 is 10.6 Å². The molecular formula is C13H17N5. The van der Waals surface area contributed by atoms with Crippen molar-refractivity contribution in [3.05, 3.63) is 36.2 Å². The summed E-state index contributed by atoms with van der Waals surface area (Å²) in [5.41, 5.74) is 1.04. The van der Waals surface area contributed by atoms with Gasteiger partial charge in [0.2, 0.25) is 5.95 Å². The summed E-state index contributed by atoms with van der Waals surface area (Å²) in [6.07, 6.45) is 4.59. The van der Waals surface area contributed by atoms with Crippen molar-refractivity contribution in [1.82, 2.24) is 15.0 Å². The van der Waals surface area contributed by atoms with Crippen molar-refractivity contribution < 1.29 is 0 Å². The van der Waals surface area contributed by atoms with Crippen LogP contribution in [-0.2, 0) is 0 Å². The van der Waals surface area contributed by atoms with Gasteiger partial charge in [-0.15, -0.1) is 0 Å². The largest absolute Gasteiger partial charge is 0.370 e. The van der Waals surface area contributed by atoms with E-state index in [1.165, 1.54) is 0 Å². The summed E-state index contributed by atoms with van der Waals surface area (Å²) in [6.45, 7) is 5.01. The predicted molar refractivity (Wildman–Crippen MR) is 73.1 cm³/mol. The zero-order valence-electron chi connectivity index (χ0n) is 10.6. The van der Waals surface area contributed by atoms with E-state index in [0.29, 0.717) is 5.95 Å². The first-order chi connectivity index (χ1) is 8.79. The van der Waals surface area contributed by atoms with Crippen LogP contribution in [0.1, 0.15) is 18.9 Å². The molecule has 0 spiro atoms. The van der Waals surface area contributed by atoms with Crippen molar-refractivity contribution in [3.8, 4) is 0 Å². The molecule has 5 heteroatoms. The first kappa shape index (κ1) is 12.3. The summed E-state index contributed by atoms with van der Waals surface area (Å²) in [5, 5.41) is 6.35. The van der Waals surface area contributed by atoms with Gasteiger partial charge in [-0.2, -0.15) is 4.98 Å². The molecule has 2 N–H and O–H groups in total. The molecule has 0 aliphatic heterocycles. The van der Waals surface area contributed by atoms with Gasteiger partial charge in [-0.25, -0.2) is 9.97 Å². The Morgan fingerprint density at radius 3 is 2.83 bits per heavy atom. The molecule has 0 saturated heterocycles. The van der Waals surface area contributed by atoms with Crippen LogP contribution in [0.2, 0.25) is 0 Å². The Morgan fingerprint density at radius 1 is 1.22 bits per heavy atom. The Kier molecular flexibility index (Phi) is 4.06. The molecule has 0 aliphatic rings. The Hall–Kier alpha value is -2.17. The SMILES string of the molecule is CCCNc1nc(Nc2ccccn2)ncc1C. The van der Waals surface area contributed by atoms with Gasteiger partial charge in [0.15, 0.2) is 0 Å². The van der Waals surface area contributed by atoms with Gasteiger partial charge < -0.3 is 10.6 Å². The topological polar surface area (TPSA) is 62.7 Å². The normalized spacial score (nSPS) is 10.1. The molecule has 2 aromatic rings. The van der Waals surface area contributed by atoms with Crippen LogP contribution in [0.4, 0.5) is 17.6 Å². The van der Waals surface area contributed by atoms with Crippen molar-refractivity contribution in [2.45, 2.75) is 20.3 Å². The van der Waals surface area contributed by atoms with E-state index in [4.69, 9.17) is 0 Å². The molecule has 0 unspecified atom stereocenters. The van der Waals surface area contributed by atoms with Gasteiger partial charge in [0, 0.05) is 24.5 Å². The number of hydrogen-bond donors (Lipinski definition) is 2. The standard InChI is InChI=1S/C13H17N5/c1-3-7-15-12-10(2)9-16-13(18-12)17-11-6-4-5-8-14-11/h4-6,8-9H,3,7H2,1-2H3,(H2,14,15,16,17,18). The van der Waals surface area contributed by atoms with Crippen molar-refractivity contribution in [2.75, 3.05) is 17.2 Å². The number of rotatable bonds is 5. The third kappa shape index (κ3) is 3.16. The second-order valence-electron chi connectivity index (χ2n) is 3.99. The van der Waals surface area contributed by atoms with E-state index in [1.807, 2.05) is 25.1 Å². The van der Waals surface area contributed by atoms with Gasteiger partial charge >= 0.3 is 0 Å². The number of hydrogen-bond acceptors (Lipinski definition) is 5. The van der Waals surface area contributed by atoms with E-state index in [2.05, 4.69) is 32.5 Å². The van der Waals surface area contributed by atoms with Gasteiger partial charge in [0.05, 0.1) is 0 Å². The lowest BCUT2D eigenvalue weighted by Crippen LogP contribution is -2.07. The molecule has 0 aliphatic carbocycles. The summed E-state index contributed by atoms with van der Waals surface area (Å²) < 4.78 is 0. The highest BCUT2D eigenvalue weighted by Gasteiger charge is 2.03. The monoisotopic (exact) mass is 243 g/mol. The molecule has 0 radical (unpaired) electrons. The molecular weight excluding hydrogens is 226 g/mol. The second kappa shape index (κ2) is 5.95. The zero-order valence-corrected chi connectivity index (χ0v) is 10.6. The van der Waals surface area contributed by atoms with E-state index in [9.17, 15) is 0 Å². The van der Waals surface area contributed by atoms with Crippen LogP contribution in [0.5, 0.6) is 0 Å². The lowest BCUT2D eigenvalue weighted by molar-refractivity contribution is 0.960. The maximum atomic E-state index is 4.43. The van der Waals surface area contributed by atoms with E-state index >= 15 is 0 Å². The van der Waals surface area contributed by atoms with Gasteiger partial charge in [0.25, 0.3) is 0 Å². The molecule has 18 heavy (non-hydrogen) atoms. The van der Waals surface area contributed by atoms with Gasteiger partial charge in [-0.3, -0.25) is 0 Å². The van der Waals surface area contributed by atoms with E-state index in [-0.39, 0.29) is 0 Å². The summed E-state index contributed by atoms with van der Waals surface area (Å²) in [5.74, 6) is 2.16. The summed E-state index contributed by atoms with van der Waals surface area (Å²) in [4.78, 5) is 12.8. The van der Waals surface area contributed by atoms with Crippen molar-refractivity contribution >= 4 is 17.6 Å². The van der Waals surface area contributed by atoms with Crippen molar-refractivity contribution in [2.24, 2.45) is 0 Å². The van der Waals surface area contributed by atoms with Crippen LogP contribution in [0.15, 0.2) is 30.6 Å². The van der Waals surface area contributed by atoms with Gasteiger partial charge in [0.1, 0.15) is 11.6 Å². The Balaban J connectivity index is 2.14. The number of pyridine rings is 1. The highest BCUT2D eigenvalue weighted by atomic mass is 15.2. The minimum Gasteiger partial charge on any atom is -0.370 e. The molecule has 0 aromatic carbocycles. The van der Waals surface area contributed by atoms with Crippen LogP contribution in [0.25, 0.3) is 0 Å². The Morgan fingerprint density at radius 2 is 2.11 bits per heavy atom. The zero-order chi connectivity index (χ0) is 12.8. The predicted octanol–water partition coefficient (Wildman–Crippen LogP) is 2.75. The molecule has 0 amide bonds. The highest BCUT2D eigenvalue weighted by molar-refractivity contribution is 5.52.